The third kappa shape index (κ3) is 4.93. The standard InChI is InChI=1S/C21H21F3N4O4/c1-12-26-16-11-18(32-3)17(31-2)10-15(16)19(29)28(12)9-8-25-20(30)27-14-6-4-13(5-7-14)21(22,23)24/h4-7,10-11H,8-9H2,1-3H3,(H2,25,27,30). The number of anilines is 1. The number of halogens is 3. The van der Waals surface area contributed by atoms with Gasteiger partial charge in [0.15, 0.2) is 11.5 Å². The minimum Gasteiger partial charge on any atom is -0.493 e. The van der Waals surface area contributed by atoms with E-state index in [1.165, 1.54) is 18.8 Å². The SMILES string of the molecule is COc1cc2nc(C)n(CCNC(=O)Nc3ccc(C(F)(F)F)cc3)c(=O)c2cc1OC. The number of fused-ring (bicyclic) bond motifs is 1. The van der Waals surface area contributed by atoms with Crippen molar-refractivity contribution in [1.29, 1.82) is 0 Å². The molecule has 3 aromatic rings. The topological polar surface area (TPSA) is 94.5 Å². The van der Waals surface area contributed by atoms with Gasteiger partial charge in [-0.2, -0.15) is 13.2 Å². The molecule has 0 bridgehead atoms. The van der Waals surface area contributed by atoms with E-state index in [1.54, 1.807) is 19.1 Å². The van der Waals surface area contributed by atoms with Crippen LogP contribution in [-0.4, -0.2) is 36.3 Å². The Bertz CT molecular complexity index is 1190. The normalized spacial score (nSPS) is 11.3. The number of amides is 2. The Balaban J connectivity index is 1.68. The molecule has 0 fully saturated rings. The monoisotopic (exact) mass is 450 g/mol. The Kier molecular flexibility index (Phi) is 6.56. The summed E-state index contributed by atoms with van der Waals surface area (Å²) in [5.74, 6) is 1.29. The Labute approximate surface area is 181 Å². The van der Waals surface area contributed by atoms with Crippen LogP contribution in [0.2, 0.25) is 0 Å². The van der Waals surface area contributed by atoms with Crippen LogP contribution in [0.5, 0.6) is 11.5 Å². The molecule has 1 aromatic heterocycles. The lowest BCUT2D eigenvalue weighted by Gasteiger charge is -2.14. The van der Waals surface area contributed by atoms with Gasteiger partial charge < -0.3 is 20.1 Å². The van der Waals surface area contributed by atoms with Gasteiger partial charge in [-0.1, -0.05) is 0 Å². The third-order valence-corrected chi connectivity index (χ3v) is 4.74. The molecule has 0 aliphatic carbocycles. The lowest BCUT2D eigenvalue weighted by molar-refractivity contribution is -0.137. The molecule has 0 saturated heterocycles. The molecule has 0 spiro atoms. The second-order valence-corrected chi connectivity index (χ2v) is 6.80. The van der Waals surface area contributed by atoms with E-state index in [-0.39, 0.29) is 24.3 Å². The first-order valence-corrected chi connectivity index (χ1v) is 9.49. The van der Waals surface area contributed by atoms with Gasteiger partial charge in [-0.05, 0) is 37.3 Å². The molecule has 0 saturated carbocycles. The Morgan fingerprint density at radius 1 is 1.09 bits per heavy atom. The molecule has 0 aliphatic heterocycles. The molecule has 0 radical (unpaired) electrons. The van der Waals surface area contributed by atoms with Crippen LogP contribution >= 0.6 is 0 Å². The van der Waals surface area contributed by atoms with E-state index < -0.39 is 17.8 Å². The first kappa shape index (κ1) is 22.9. The number of alkyl halides is 3. The molecule has 3 rings (SSSR count). The zero-order chi connectivity index (χ0) is 23.5. The van der Waals surface area contributed by atoms with Crippen LogP contribution in [0.4, 0.5) is 23.7 Å². The summed E-state index contributed by atoms with van der Waals surface area (Å²) in [6, 6.07) is 6.62. The summed E-state index contributed by atoms with van der Waals surface area (Å²) < 4.78 is 49.7. The van der Waals surface area contributed by atoms with Gasteiger partial charge in [-0.15, -0.1) is 0 Å². The molecule has 8 nitrogen and oxygen atoms in total. The maximum absolute atomic E-state index is 12.9. The molecule has 2 amide bonds. The molecule has 2 N–H and O–H groups in total. The van der Waals surface area contributed by atoms with Gasteiger partial charge in [0.1, 0.15) is 5.82 Å². The number of aromatic nitrogens is 2. The van der Waals surface area contributed by atoms with Crippen molar-refractivity contribution in [2.75, 3.05) is 26.1 Å². The van der Waals surface area contributed by atoms with Crippen molar-refractivity contribution in [2.45, 2.75) is 19.6 Å². The molecule has 1 heterocycles. The number of carbonyl (C=O) groups excluding carboxylic acids is 1. The summed E-state index contributed by atoms with van der Waals surface area (Å²) in [5, 5.41) is 5.34. The summed E-state index contributed by atoms with van der Waals surface area (Å²) in [6.45, 7) is 1.90. The maximum atomic E-state index is 12.9. The number of ether oxygens (including phenoxy) is 2. The third-order valence-electron chi connectivity index (χ3n) is 4.74. The average molecular weight is 450 g/mol. The second-order valence-electron chi connectivity index (χ2n) is 6.80. The van der Waals surface area contributed by atoms with Gasteiger partial charge in [-0.25, -0.2) is 9.78 Å². The van der Waals surface area contributed by atoms with E-state index >= 15 is 0 Å². The quantitative estimate of drug-likeness (QED) is 0.599. The maximum Gasteiger partial charge on any atom is 0.416 e. The molecule has 0 atom stereocenters. The van der Waals surface area contributed by atoms with Gasteiger partial charge in [0.2, 0.25) is 0 Å². The Hall–Kier alpha value is -3.76. The van der Waals surface area contributed by atoms with E-state index in [4.69, 9.17) is 9.47 Å². The molecular formula is C21H21F3N4O4. The first-order chi connectivity index (χ1) is 15.1. The summed E-state index contributed by atoms with van der Waals surface area (Å²) in [7, 11) is 2.95. The molecule has 170 valence electrons. The number of hydrogen-bond acceptors (Lipinski definition) is 5. The van der Waals surface area contributed by atoms with Crippen LogP contribution in [0.3, 0.4) is 0 Å². The van der Waals surface area contributed by atoms with Crippen molar-refractivity contribution in [3.63, 3.8) is 0 Å². The lowest BCUT2D eigenvalue weighted by atomic mass is 10.2. The van der Waals surface area contributed by atoms with Crippen LogP contribution < -0.4 is 25.7 Å². The van der Waals surface area contributed by atoms with Gasteiger partial charge >= 0.3 is 12.2 Å². The molecule has 11 heteroatoms. The van der Waals surface area contributed by atoms with Crippen LogP contribution in [0.15, 0.2) is 41.2 Å². The predicted molar refractivity (Wildman–Crippen MR) is 112 cm³/mol. The van der Waals surface area contributed by atoms with Crippen molar-refractivity contribution in [1.82, 2.24) is 14.9 Å². The number of benzene rings is 2. The van der Waals surface area contributed by atoms with Crippen LogP contribution in [0, 0.1) is 6.92 Å². The van der Waals surface area contributed by atoms with E-state index in [1.807, 2.05) is 0 Å². The number of methoxy groups -OCH3 is 2. The fourth-order valence-corrected chi connectivity index (χ4v) is 3.12. The van der Waals surface area contributed by atoms with Crippen molar-refractivity contribution in [3.05, 3.63) is 58.1 Å². The summed E-state index contributed by atoms with van der Waals surface area (Å²) >= 11 is 0. The van der Waals surface area contributed by atoms with Crippen LogP contribution in [-0.2, 0) is 12.7 Å². The largest absolute Gasteiger partial charge is 0.493 e. The molecule has 0 unspecified atom stereocenters. The molecular weight excluding hydrogens is 429 g/mol. The highest BCUT2D eigenvalue weighted by Gasteiger charge is 2.30. The van der Waals surface area contributed by atoms with Crippen molar-refractivity contribution in [2.24, 2.45) is 0 Å². The number of urea groups is 1. The van der Waals surface area contributed by atoms with Gasteiger partial charge in [-0.3, -0.25) is 9.36 Å². The van der Waals surface area contributed by atoms with E-state index in [2.05, 4.69) is 15.6 Å². The van der Waals surface area contributed by atoms with Crippen molar-refractivity contribution in [3.8, 4) is 11.5 Å². The van der Waals surface area contributed by atoms with E-state index in [9.17, 15) is 22.8 Å². The zero-order valence-electron chi connectivity index (χ0n) is 17.5. The number of rotatable bonds is 6. The fraction of sp³-hybridized carbons (Fsp3) is 0.286. The number of nitrogens with one attached hydrogen (secondary N) is 2. The van der Waals surface area contributed by atoms with Gasteiger partial charge in [0.25, 0.3) is 5.56 Å². The van der Waals surface area contributed by atoms with Crippen LogP contribution in [0.1, 0.15) is 11.4 Å². The average Bonchev–Trinajstić information content (AvgIpc) is 2.75. The Morgan fingerprint density at radius 3 is 2.31 bits per heavy atom. The zero-order valence-corrected chi connectivity index (χ0v) is 17.5. The number of nitrogens with zero attached hydrogens (tertiary/aromatic N) is 2. The summed E-state index contributed by atoms with van der Waals surface area (Å²) in [5.41, 5.74) is -0.457. The molecule has 0 aliphatic rings. The highest BCUT2D eigenvalue weighted by molar-refractivity contribution is 5.89. The minimum atomic E-state index is -4.45. The van der Waals surface area contributed by atoms with Gasteiger partial charge in [0.05, 0.1) is 30.7 Å². The number of hydrogen-bond donors (Lipinski definition) is 2. The van der Waals surface area contributed by atoms with Crippen molar-refractivity contribution < 1.29 is 27.4 Å². The predicted octanol–water partition coefficient (Wildman–Crippen LogP) is 3.56. The van der Waals surface area contributed by atoms with Crippen molar-refractivity contribution >= 4 is 22.6 Å². The smallest absolute Gasteiger partial charge is 0.416 e. The van der Waals surface area contributed by atoms with E-state index in [0.29, 0.717) is 28.2 Å². The molecule has 2 aromatic carbocycles. The number of aryl methyl sites for hydroxylation is 1. The van der Waals surface area contributed by atoms with Gasteiger partial charge in [0, 0.05) is 24.8 Å². The van der Waals surface area contributed by atoms with Crippen LogP contribution in [0.25, 0.3) is 10.9 Å². The lowest BCUT2D eigenvalue weighted by Crippen LogP contribution is -2.34. The second kappa shape index (κ2) is 9.16. The summed E-state index contributed by atoms with van der Waals surface area (Å²) in [6.07, 6.45) is -4.45. The fourth-order valence-electron chi connectivity index (χ4n) is 3.12. The summed E-state index contributed by atoms with van der Waals surface area (Å²) in [4.78, 5) is 29.4. The number of carbonyl (C=O) groups is 1. The Morgan fingerprint density at radius 2 is 1.72 bits per heavy atom. The first-order valence-electron chi connectivity index (χ1n) is 9.49. The highest BCUT2D eigenvalue weighted by atomic mass is 19.4. The minimum absolute atomic E-state index is 0.0910. The van der Waals surface area contributed by atoms with E-state index in [0.717, 1.165) is 24.3 Å². The highest BCUT2D eigenvalue weighted by Crippen LogP contribution is 2.30. The molecule has 32 heavy (non-hydrogen) atoms.